The number of hydrogen-bond donors (Lipinski definition) is 0. The number of ether oxygens (including phenoxy) is 2. The van der Waals surface area contributed by atoms with E-state index in [0.717, 1.165) is 19.7 Å². The highest BCUT2D eigenvalue weighted by Gasteiger charge is 1.93. The molecule has 0 aromatic heterocycles. The lowest BCUT2D eigenvalue weighted by Gasteiger charge is -2.16. The SMILES string of the molecule is CCN(C)CCN(C)C.CCOC.COC. The van der Waals surface area contributed by atoms with Crippen molar-refractivity contribution in [3.63, 3.8) is 0 Å². The minimum absolute atomic E-state index is 0.819. The summed E-state index contributed by atoms with van der Waals surface area (Å²) in [7, 11) is 11.3. The first-order chi connectivity index (χ1) is 7.49. The van der Waals surface area contributed by atoms with Crippen LogP contribution in [0.1, 0.15) is 13.8 Å². The molecular formula is C12H32N2O2. The summed E-state index contributed by atoms with van der Waals surface area (Å²) in [5.74, 6) is 0. The summed E-state index contributed by atoms with van der Waals surface area (Å²) >= 11 is 0. The quantitative estimate of drug-likeness (QED) is 0.721. The van der Waals surface area contributed by atoms with Gasteiger partial charge in [0.05, 0.1) is 0 Å². The first-order valence-corrected chi connectivity index (χ1v) is 5.72. The van der Waals surface area contributed by atoms with Crippen molar-refractivity contribution in [3.8, 4) is 0 Å². The maximum absolute atomic E-state index is 4.54. The molecule has 0 saturated carbocycles. The largest absolute Gasteiger partial charge is 0.388 e. The van der Waals surface area contributed by atoms with E-state index in [1.165, 1.54) is 6.54 Å². The van der Waals surface area contributed by atoms with Crippen molar-refractivity contribution in [1.82, 2.24) is 9.80 Å². The zero-order valence-electron chi connectivity index (χ0n) is 12.5. The van der Waals surface area contributed by atoms with E-state index in [0.29, 0.717) is 0 Å². The Labute approximate surface area is 103 Å². The topological polar surface area (TPSA) is 24.9 Å². The maximum Gasteiger partial charge on any atom is 0.0433 e. The van der Waals surface area contributed by atoms with Crippen molar-refractivity contribution >= 4 is 0 Å². The third-order valence-electron chi connectivity index (χ3n) is 1.76. The van der Waals surface area contributed by atoms with Crippen molar-refractivity contribution in [2.45, 2.75) is 13.8 Å². The Hall–Kier alpha value is -0.160. The summed E-state index contributed by atoms with van der Waals surface area (Å²) in [6.45, 7) is 8.43. The number of methoxy groups -OCH3 is 2. The highest BCUT2D eigenvalue weighted by Crippen LogP contribution is 1.81. The van der Waals surface area contributed by atoms with Crippen molar-refractivity contribution in [2.24, 2.45) is 0 Å². The second kappa shape index (κ2) is 20.3. The molecule has 4 heteroatoms. The number of hydrogen-bond acceptors (Lipinski definition) is 4. The summed E-state index contributed by atoms with van der Waals surface area (Å²) in [6.07, 6.45) is 0. The molecule has 0 unspecified atom stereocenters. The van der Waals surface area contributed by atoms with E-state index in [1.54, 1.807) is 21.3 Å². The van der Waals surface area contributed by atoms with Gasteiger partial charge >= 0.3 is 0 Å². The summed E-state index contributed by atoms with van der Waals surface area (Å²) in [5, 5.41) is 0. The summed E-state index contributed by atoms with van der Waals surface area (Å²) in [5.41, 5.74) is 0. The van der Waals surface area contributed by atoms with E-state index in [2.05, 4.69) is 47.3 Å². The average molecular weight is 236 g/mol. The zero-order chi connectivity index (χ0) is 13.4. The molecule has 4 nitrogen and oxygen atoms in total. The van der Waals surface area contributed by atoms with E-state index < -0.39 is 0 Å². The Morgan fingerprint density at radius 2 is 1.25 bits per heavy atom. The van der Waals surface area contributed by atoms with Gasteiger partial charge in [0.15, 0.2) is 0 Å². The fraction of sp³-hybridized carbons (Fsp3) is 1.00. The van der Waals surface area contributed by atoms with Crippen LogP contribution in [-0.2, 0) is 9.47 Å². The molecule has 0 heterocycles. The van der Waals surface area contributed by atoms with E-state index >= 15 is 0 Å². The monoisotopic (exact) mass is 236 g/mol. The van der Waals surface area contributed by atoms with Gasteiger partial charge in [0, 0.05) is 41.0 Å². The van der Waals surface area contributed by atoms with Crippen LogP contribution >= 0.6 is 0 Å². The van der Waals surface area contributed by atoms with Crippen LogP contribution in [-0.4, -0.2) is 78.5 Å². The van der Waals surface area contributed by atoms with Gasteiger partial charge in [0.2, 0.25) is 0 Å². The molecule has 0 spiro atoms. The molecule has 102 valence electrons. The predicted molar refractivity (Wildman–Crippen MR) is 72.2 cm³/mol. The number of rotatable bonds is 5. The standard InChI is InChI=1S/C7H18N2.C3H8O.C2H6O/c1-5-9(4)7-6-8(2)3;1-3-4-2;1-3-2/h5-7H2,1-4H3;3H2,1-2H3;1-2H3. The number of nitrogens with zero attached hydrogens (tertiary/aromatic N) is 2. The molecular weight excluding hydrogens is 204 g/mol. The van der Waals surface area contributed by atoms with Crippen LogP contribution in [0.4, 0.5) is 0 Å². The van der Waals surface area contributed by atoms with Crippen molar-refractivity contribution in [3.05, 3.63) is 0 Å². The lowest BCUT2D eigenvalue weighted by Crippen LogP contribution is -2.28. The minimum Gasteiger partial charge on any atom is -0.388 e. The summed E-state index contributed by atoms with van der Waals surface area (Å²) in [4.78, 5) is 4.51. The van der Waals surface area contributed by atoms with Crippen LogP contribution in [0.15, 0.2) is 0 Å². The highest BCUT2D eigenvalue weighted by atomic mass is 16.5. The highest BCUT2D eigenvalue weighted by molar-refractivity contribution is 4.49. The molecule has 0 aliphatic rings. The zero-order valence-corrected chi connectivity index (χ0v) is 12.5. The van der Waals surface area contributed by atoms with Gasteiger partial charge in [-0.1, -0.05) is 6.92 Å². The molecule has 0 aliphatic heterocycles. The third-order valence-corrected chi connectivity index (χ3v) is 1.76. The molecule has 0 bridgehead atoms. The van der Waals surface area contributed by atoms with E-state index in [4.69, 9.17) is 0 Å². The van der Waals surface area contributed by atoms with Gasteiger partial charge < -0.3 is 19.3 Å². The molecule has 0 amide bonds. The Morgan fingerprint density at radius 3 is 1.44 bits per heavy atom. The first kappa shape index (κ1) is 21.2. The fourth-order valence-corrected chi connectivity index (χ4v) is 0.529. The van der Waals surface area contributed by atoms with Crippen molar-refractivity contribution in [2.75, 3.05) is 68.7 Å². The third kappa shape index (κ3) is 37.1. The lowest BCUT2D eigenvalue weighted by molar-refractivity contribution is 0.215. The van der Waals surface area contributed by atoms with Crippen LogP contribution < -0.4 is 0 Å². The van der Waals surface area contributed by atoms with Gasteiger partial charge in [0.1, 0.15) is 0 Å². The molecule has 0 saturated heterocycles. The van der Waals surface area contributed by atoms with E-state index in [9.17, 15) is 0 Å². The number of likely N-dealkylation sites (N-methyl/N-ethyl adjacent to an activating group) is 2. The Bertz CT molecular complexity index is 99.0. The first-order valence-electron chi connectivity index (χ1n) is 5.72. The second-order valence-corrected chi connectivity index (χ2v) is 3.68. The van der Waals surface area contributed by atoms with E-state index in [-0.39, 0.29) is 0 Å². The van der Waals surface area contributed by atoms with Crippen LogP contribution in [0.2, 0.25) is 0 Å². The van der Waals surface area contributed by atoms with Crippen LogP contribution in [0.25, 0.3) is 0 Å². The van der Waals surface area contributed by atoms with E-state index in [1.807, 2.05) is 6.92 Å². The van der Waals surface area contributed by atoms with Gasteiger partial charge in [0.25, 0.3) is 0 Å². The second-order valence-electron chi connectivity index (χ2n) is 3.68. The molecule has 0 atom stereocenters. The molecule has 0 rings (SSSR count). The summed E-state index contributed by atoms with van der Waals surface area (Å²) < 4.78 is 8.79. The molecule has 0 radical (unpaired) electrons. The molecule has 0 fully saturated rings. The van der Waals surface area contributed by atoms with Gasteiger partial charge in [-0.2, -0.15) is 0 Å². The smallest absolute Gasteiger partial charge is 0.0433 e. The normalized spacial score (nSPS) is 9.38. The summed E-state index contributed by atoms with van der Waals surface area (Å²) in [6, 6.07) is 0. The predicted octanol–water partition coefficient (Wildman–Crippen LogP) is 1.42. The van der Waals surface area contributed by atoms with Gasteiger partial charge in [-0.15, -0.1) is 0 Å². The minimum atomic E-state index is 0.819. The van der Waals surface area contributed by atoms with Crippen LogP contribution in [0.3, 0.4) is 0 Å². The Kier molecular flexibility index (Phi) is 26.8. The van der Waals surface area contributed by atoms with Crippen molar-refractivity contribution < 1.29 is 9.47 Å². The van der Waals surface area contributed by atoms with Gasteiger partial charge in [-0.3, -0.25) is 0 Å². The maximum atomic E-state index is 4.54. The van der Waals surface area contributed by atoms with Crippen LogP contribution in [0, 0.1) is 0 Å². The lowest BCUT2D eigenvalue weighted by atomic mass is 10.5. The molecule has 0 aromatic carbocycles. The average Bonchev–Trinajstić information content (AvgIpc) is 2.27. The van der Waals surface area contributed by atoms with Crippen LogP contribution in [0.5, 0.6) is 0 Å². The van der Waals surface area contributed by atoms with Gasteiger partial charge in [-0.25, -0.2) is 0 Å². The Morgan fingerprint density at radius 1 is 0.875 bits per heavy atom. The fourth-order valence-electron chi connectivity index (χ4n) is 0.529. The van der Waals surface area contributed by atoms with Gasteiger partial charge in [-0.05, 0) is 34.6 Å². The molecule has 0 aromatic rings. The molecule has 16 heavy (non-hydrogen) atoms. The van der Waals surface area contributed by atoms with Crippen molar-refractivity contribution in [1.29, 1.82) is 0 Å². The Balaban J connectivity index is -0.000000201. The molecule has 0 N–H and O–H groups in total. The molecule has 0 aliphatic carbocycles.